The number of rotatable bonds is 3. The van der Waals surface area contributed by atoms with Gasteiger partial charge < -0.3 is 9.84 Å². The number of aliphatic hydroxyl groups excluding tert-OH is 1. The van der Waals surface area contributed by atoms with Gasteiger partial charge in [0.05, 0.1) is 18.8 Å². The van der Waals surface area contributed by atoms with Crippen LogP contribution in [-0.2, 0) is 11.3 Å². The van der Waals surface area contributed by atoms with Gasteiger partial charge in [-0.25, -0.2) is 4.39 Å². The molecular formula is C16H19FN2O2. The number of aryl methyl sites for hydroxylation is 1. The van der Waals surface area contributed by atoms with Gasteiger partial charge in [-0.3, -0.25) is 4.68 Å². The van der Waals surface area contributed by atoms with E-state index in [0.717, 1.165) is 42.7 Å². The summed E-state index contributed by atoms with van der Waals surface area (Å²) in [6.07, 6.45) is 5.64. The fourth-order valence-corrected chi connectivity index (χ4v) is 2.78. The van der Waals surface area contributed by atoms with Crippen molar-refractivity contribution in [3.05, 3.63) is 41.5 Å². The highest BCUT2D eigenvalue weighted by Crippen LogP contribution is 2.27. The Morgan fingerprint density at radius 3 is 2.76 bits per heavy atom. The molecule has 112 valence electrons. The average Bonchev–Trinajstić information content (AvgIpc) is 2.97. The highest BCUT2D eigenvalue weighted by molar-refractivity contribution is 5.63. The first kappa shape index (κ1) is 14.2. The second-order valence-corrected chi connectivity index (χ2v) is 5.46. The Morgan fingerprint density at radius 2 is 2.10 bits per heavy atom. The van der Waals surface area contributed by atoms with Crippen LogP contribution in [-0.4, -0.2) is 28.1 Å². The molecule has 1 aliphatic rings. The molecule has 21 heavy (non-hydrogen) atoms. The number of aliphatic hydroxyl groups is 1. The summed E-state index contributed by atoms with van der Waals surface area (Å²) >= 11 is 0. The summed E-state index contributed by atoms with van der Waals surface area (Å²) in [4.78, 5) is 0. The second-order valence-electron chi connectivity index (χ2n) is 5.46. The second kappa shape index (κ2) is 5.95. The van der Waals surface area contributed by atoms with Crippen LogP contribution in [0.15, 0.2) is 24.5 Å². The predicted octanol–water partition coefficient (Wildman–Crippen LogP) is 2.84. The van der Waals surface area contributed by atoms with E-state index < -0.39 is 0 Å². The first-order valence-electron chi connectivity index (χ1n) is 7.21. The van der Waals surface area contributed by atoms with Crippen molar-refractivity contribution in [2.24, 2.45) is 0 Å². The molecule has 0 aliphatic carbocycles. The van der Waals surface area contributed by atoms with Crippen LogP contribution < -0.4 is 0 Å². The van der Waals surface area contributed by atoms with Gasteiger partial charge in [-0.15, -0.1) is 0 Å². The van der Waals surface area contributed by atoms with Crippen molar-refractivity contribution in [3.63, 3.8) is 0 Å². The third kappa shape index (κ3) is 2.84. The normalized spacial score (nSPS) is 16.3. The number of benzene rings is 1. The molecule has 1 aliphatic heterocycles. The third-order valence-electron chi connectivity index (χ3n) is 4.08. The predicted molar refractivity (Wildman–Crippen MR) is 77.4 cm³/mol. The fraction of sp³-hybridized carbons (Fsp3) is 0.438. The minimum absolute atomic E-state index is 0.278. The Labute approximate surface area is 123 Å². The van der Waals surface area contributed by atoms with Crippen LogP contribution in [0, 0.1) is 12.7 Å². The summed E-state index contributed by atoms with van der Waals surface area (Å²) in [5.41, 5.74) is 2.80. The number of ether oxygens (including phenoxy) is 1. The largest absolute Gasteiger partial charge is 0.392 e. The first-order chi connectivity index (χ1) is 10.2. The zero-order valence-electron chi connectivity index (χ0n) is 12.1. The summed E-state index contributed by atoms with van der Waals surface area (Å²) in [5.74, 6) is -0.369. The summed E-state index contributed by atoms with van der Waals surface area (Å²) in [6.45, 7) is 3.05. The van der Waals surface area contributed by atoms with Gasteiger partial charge in [0.15, 0.2) is 0 Å². The molecule has 0 amide bonds. The molecule has 1 saturated heterocycles. The molecule has 0 atom stereocenters. The lowest BCUT2D eigenvalue weighted by molar-refractivity contribution is 0.0662. The maximum Gasteiger partial charge on any atom is 0.129 e. The van der Waals surface area contributed by atoms with E-state index in [2.05, 4.69) is 5.10 Å². The van der Waals surface area contributed by atoms with Crippen LogP contribution in [0.1, 0.15) is 30.0 Å². The van der Waals surface area contributed by atoms with Crippen molar-refractivity contribution in [1.82, 2.24) is 9.78 Å². The summed E-state index contributed by atoms with van der Waals surface area (Å²) in [5, 5.41) is 13.6. The molecule has 2 aromatic rings. The SMILES string of the molecule is Cc1cc(-c2cnn(C3CCOCC3)c2)cc(F)c1CO. The van der Waals surface area contributed by atoms with E-state index in [1.165, 1.54) is 6.07 Å². The van der Waals surface area contributed by atoms with Gasteiger partial charge in [-0.2, -0.15) is 5.10 Å². The van der Waals surface area contributed by atoms with Gasteiger partial charge in [-0.05, 0) is 37.0 Å². The molecule has 1 N–H and O–H groups in total. The van der Waals surface area contributed by atoms with Gasteiger partial charge in [0.2, 0.25) is 0 Å². The molecule has 5 heteroatoms. The van der Waals surface area contributed by atoms with Crippen LogP contribution in [0.4, 0.5) is 4.39 Å². The van der Waals surface area contributed by atoms with E-state index in [4.69, 9.17) is 9.84 Å². The van der Waals surface area contributed by atoms with Crippen LogP contribution >= 0.6 is 0 Å². The van der Waals surface area contributed by atoms with E-state index in [1.807, 2.05) is 16.9 Å². The molecule has 1 fully saturated rings. The van der Waals surface area contributed by atoms with E-state index in [0.29, 0.717) is 11.6 Å². The average molecular weight is 290 g/mol. The molecule has 1 aromatic heterocycles. The van der Waals surface area contributed by atoms with Gasteiger partial charge in [0.25, 0.3) is 0 Å². The van der Waals surface area contributed by atoms with E-state index in [-0.39, 0.29) is 12.4 Å². The van der Waals surface area contributed by atoms with E-state index >= 15 is 0 Å². The van der Waals surface area contributed by atoms with Gasteiger partial charge in [-0.1, -0.05) is 6.07 Å². The monoisotopic (exact) mass is 290 g/mol. The smallest absolute Gasteiger partial charge is 0.129 e. The molecular weight excluding hydrogens is 271 g/mol. The zero-order chi connectivity index (χ0) is 14.8. The minimum Gasteiger partial charge on any atom is -0.392 e. The highest BCUT2D eigenvalue weighted by atomic mass is 19.1. The summed E-state index contributed by atoms with van der Waals surface area (Å²) in [6, 6.07) is 3.71. The van der Waals surface area contributed by atoms with Gasteiger partial charge in [0.1, 0.15) is 5.82 Å². The van der Waals surface area contributed by atoms with Crippen molar-refractivity contribution in [1.29, 1.82) is 0 Å². The fourth-order valence-electron chi connectivity index (χ4n) is 2.78. The summed E-state index contributed by atoms with van der Waals surface area (Å²) in [7, 11) is 0. The lowest BCUT2D eigenvalue weighted by atomic mass is 10.0. The molecule has 0 spiro atoms. The number of halogens is 1. The standard InChI is InChI=1S/C16H19FN2O2/c1-11-6-12(7-16(17)15(11)10-20)13-8-18-19(9-13)14-2-4-21-5-3-14/h6-9,14,20H,2-5,10H2,1H3. The minimum atomic E-state index is -0.369. The van der Waals surface area contributed by atoms with Crippen molar-refractivity contribution in [2.75, 3.05) is 13.2 Å². The Morgan fingerprint density at radius 1 is 1.33 bits per heavy atom. The molecule has 3 rings (SSSR count). The van der Waals surface area contributed by atoms with Crippen molar-refractivity contribution in [2.45, 2.75) is 32.4 Å². The molecule has 0 bridgehead atoms. The Bertz CT molecular complexity index is 610. The zero-order valence-corrected chi connectivity index (χ0v) is 12.1. The molecule has 2 heterocycles. The van der Waals surface area contributed by atoms with Crippen molar-refractivity contribution < 1.29 is 14.2 Å². The summed E-state index contributed by atoms with van der Waals surface area (Å²) < 4.78 is 21.3. The molecule has 0 unspecified atom stereocenters. The van der Waals surface area contributed by atoms with E-state index in [9.17, 15) is 4.39 Å². The van der Waals surface area contributed by atoms with Crippen LogP contribution in [0.5, 0.6) is 0 Å². The van der Waals surface area contributed by atoms with Crippen LogP contribution in [0.25, 0.3) is 11.1 Å². The van der Waals surface area contributed by atoms with Gasteiger partial charge in [0, 0.05) is 30.5 Å². The van der Waals surface area contributed by atoms with Crippen LogP contribution in [0.3, 0.4) is 0 Å². The lowest BCUT2D eigenvalue weighted by Crippen LogP contribution is -2.19. The lowest BCUT2D eigenvalue weighted by Gasteiger charge is -2.22. The molecule has 1 aromatic carbocycles. The van der Waals surface area contributed by atoms with Crippen molar-refractivity contribution in [3.8, 4) is 11.1 Å². The maximum absolute atomic E-state index is 14.0. The number of nitrogens with zero attached hydrogens (tertiary/aromatic N) is 2. The Balaban J connectivity index is 1.89. The maximum atomic E-state index is 14.0. The molecule has 0 radical (unpaired) electrons. The van der Waals surface area contributed by atoms with E-state index in [1.54, 1.807) is 13.1 Å². The number of hydrogen-bond acceptors (Lipinski definition) is 3. The topological polar surface area (TPSA) is 47.3 Å². The highest BCUT2D eigenvalue weighted by Gasteiger charge is 2.17. The Kier molecular flexibility index (Phi) is 4.03. The Hall–Kier alpha value is -1.72. The number of aromatic nitrogens is 2. The quantitative estimate of drug-likeness (QED) is 0.945. The first-order valence-corrected chi connectivity index (χ1v) is 7.21. The van der Waals surface area contributed by atoms with Crippen LogP contribution in [0.2, 0.25) is 0 Å². The third-order valence-corrected chi connectivity index (χ3v) is 4.08. The van der Waals surface area contributed by atoms with Gasteiger partial charge >= 0.3 is 0 Å². The molecule has 4 nitrogen and oxygen atoms in total. The number of hydrogen-bond donors (Lipinski definition) is 1. The molecule has 0 saturated carbocycles. The van der Waals surface area contributed by atoms with Crippen molar-refractivity contribution >= 4 is 0 Å².